The van der Waals surface area contributed by atoms with Crippen molar-refractivity contribution in [3.05, 3.63) is 59.2 Å². The number of benzene rings is 2. The molecule has 4 nitrogen and oxygen atoms in total. The number of likely N-dealkylation sites (N-methyl/N-ethyl adjacent to an activating group) is 1. The van der Waals surface area contributed by atoms with Crippen molar-refractivity contribution >= 4 is 24.8 Å². The minimum Gasteiger partial charge on any atom is -0.493 e. The summed E-state index contributed by atoms with van der Waals surface area (Å²) in [6.07, 6.45) is 0. The van der Waals surface area contributed by atoms with E-state index in [-0.39, 0.29) is 24.8 Å². The molecule has 0 unspecified atom stereocenters. The Morgan fingerprint density at radius 1 is 0.964 bits per heavy atom. The Morgan fingerprint density at radius 2 is 1.68 bits per heavy atom. The van der Waals surface area contributed by atoms with Crippen molar-refractivity contribution in [2.24, 2.45) is 0 Å². The van der Waals surface area contributed by atoms with Crippen molar-refractivity contribution in [1.82, 2.24) is 10.2 Å². The Balaban J connectivity index is 0.00000364. The van der Waals surface area contributed by atoms with E-state index in [2.05, 4.69) is 55.3 Å². The highest BCUT2D eigenvalue weighted by Gasteiger charge is 2.07. The summed E-state index contributed by atoms with van der Waals surface area (Å²) in [6, 6.07) is 14.4. The van der Waals surface area contributed by atoms with Gasteiger partial charge in [-0.15, -0.1) is 24.8 Å². The summed E-state index contributed by atoms with van der Waals surface area (Å²) in [7, 11) is 1.69. The zero-order chi connectivity index (χ0) is 18.8. The highest BCUT2D eigenvalue weighted by atomic mass is 35.5. The molecule has 0 bridgehead atoms. The van der Waals surface area contributed by atoms with Gasteiger partial charge in [-0.3, -0.25) is 0 Å². The van der Waals surface area contributed by atoms with Gasteiger partial charge < -0.3 is 19.7 Å². The van der Waals surface area contributed by atoms with Crippen molar-refractivity contribution in [2.45, 2.75) is 33.9 Å². The Bertz CT molecular complexity index is 679. The molecule has 158 valence electrons. The fourth-order valence-corrected chi connectivity index (χ4v) is 2.88. The predicted octanol–water partition coefficient (Wildman–Crippen LogP) is 4.86. The molecule has 0 saturated heterocycles. The first-order chi connectivity index (χ1) is 12.7. The normalized spacial score (nSPS) is 10.2. The number of nitrogens with one attached hydrogen (secondary N) is 1. The lowest BCUT2D eigenvalue weighted by Gasteiger charge is -2.18. The fourth-order valence-electron chi connectivity index (χ4n) is 2.88. The number of nitrogens with zero attached hydrogens (tertiary/aromatic N) is 1. The second-order valence-electron chi connectivity index (χ2n) is 6.40. The molecular formula is C22H34Cl2N2O2. The molecule has 6 heteroatoms. The van der Waals surface area contributed by atoms with Crippen molar-refractivity contribution < 1.29 is 9.47 Å². The molecule has 1 N–H and O–H groups in total. The first-order valence-electron chi connectivity index (χ1n) is 9.45. The van der Waals surface area contributed by atoms with Gasteiger partial charge >= 0.3 is 0 Å². The Morgan fingerprint density at radius 3 is 2.32 bits per heavy atom. The van der Waals surface area contributed by atoms with Crippen LogP contribution in [0.4, 0.5) is 0 Å². The smallest absolute Gasteiger partial charge is 0.161 e. The van der Waals surface area contributed by atoms with E-state index in [9.17, 15) is 0 Å². The first-order valence-corrected chi connectivity index (χ1v) is 9.45. The van der Waals surface area contributed by atoms with E-state index in [0.717, 1.165) is 44.2 Å². The van der Waals surface area contributed by atoms with Crippen molar-refractivity contribution in [3.8, 4) is 11.5 Å². The highest BCUT2D eigenvalue weighted by Crippen LogP contribution is 2.29. The van der Waals surface area contributed by atoms with Crippen LogP contribution in [0.15, 0.2) is 42.5 Å². The Labute approximate surface area is 182 Å². The van der Waals surface area contributed by atoms with Gasteiger partial charge in [0.1, 0.15) is 6.61 Å². The SMILES string of the molecule is CCN(CC)CCNCc1ccc(OCc2ccccc2C)c(OC)c1.Cl.Cl. The maximum absolute atomic E-state index is 5.98. The zero-order valence-corrected chi connectivity index (χ0v) is 19.0. The summed E-state index contributed by atoms with van der Waals surface area (Å²) >= 11 is 0. The second-order valence-corrected chi connectivity index (χ2v) is 6.40. The van der Waals surface area contributed by atoms with E-state index in [1.54, 1.807) is 7.11 Å². The molecule has 2 aromatic carbocycles. The Hall–Kier alpha value is -1.46. The van der Waals surface area contributed by atoms with E-state index in [1.807, 2.05) is 18.2 Å². The van der Waals surface area contributed by atoms with Gasteiger partial charge in [-0.1, -0.05) is 44.2 Å². The topological polar surface area (TPSA) is 33.7 Å². The minimum atomic E-state index is 0. The van der Waals surface area contributed by atoms with E-state index < -0.39 is 0 Å². The van der Waals surface area contributed by atoms with Crippen LogP contribution in [0.25, 0.3) is 0 Å². The van der Waals surface area contributed by atoms with E-state index >= 15 is 0 Å². The zero-order valence-electron chi connectivity index (χ0n) is 17.4. The molecule has 2 aromatic rings. The maximum Gasteiger partial charge on any atom is 0.161 e. The molecule has 0 aromatic heterocycles. The molecule has 2 rings (SSSR count). The lowest BCUT2D eigenvalue weighted by molar-refractivity contribution is 0.283. The van der Waals surface area contributed by atoms with Crippen LogP contribution >= 0.6 is 24.8 Å². The maximum atomic E-state index is 5.98. The molecule has 0 radical (unpaired) electrons. The number of aryl methyl sites for hydroxylation is 1. The summed E-state index contributed by atoms with van der Waals surface area (Å²) in [5, 5.41) is 3.50. The fraction of sp³-hybridized carbons (Fsp3) is 0.455. The summed E-state index contributed by atoms with van der Waals surface area (Å²) < 4.78 is 11.5. The van der Waals surface area contributed by atoms with E-state index in [1.165, 1.54) is 16.7 Å². The number of rotatable bonds is 11. The third-order valence-corrected chi connectivity index (χ3v) is 4.70. The van der Waals surface area contributed by atoms with Crippen molar-refractivity contribution in [1.29, 1.82) is 0 Å². The molecule has 0 fully saturated rings. The van der Waals surface area contributed by atoms with Gasteiger partial charge in [0.05, 0.1) is 7.11 Å². The van der Waals surface area contributed by atoms with Gasteiger partial charge in [0.25, 0.3) is 0 Å². The van der Waals surface area contributed by atoms with Crippen LogP contribution in [0, 0.1) is 6.92 Å². The molecule has 0 spiro atoms. The van der Waals surface area contributed by atoms with E-state index in [0.29, 0.717) is 6.61 Å². The third-order valence-electron chi connectivity index (χ3n) is 4.70. The monoisotopic (exact) mass is 428 g/mol. The minimum absolute atomic E-state index is 0. The second kappa shape index (κ2) is 14.5. The number of hydrogen-bond donors (Lipinski definition) is 1. The lowest BCUT2D eigenvalue weighted by atomic mass is 10.1. The van der Waals surface area contributed by atoms with Crippen LogP contribution < -0.4 is 14.8 Å². The van der Waals surface area contributed by atoms with Gasteiger partial charge in [0, 0.05) is 19.6 Å². The standard InChI is InChI=1S/C22H32N2O2.2ClH/c1-5-24(6-2)14-13-23-16-19-11-12-21(22(15-19)25-4)26-17-20-10-8-7-9-18(20)3;;/h7-12,15,23H,5-6,13-14,16-17H2,1-4H3;2*1H. The quantitative estimate of drug-likeness (QED) is 0.518. The van der Waals surface area contributed by atoms with Crippen LogP contribution in [0.2, 0.25) is 0 Å². The van der Waals surface area contributed by atoms with Crippen LogP contribution in [0.1, 0.15) is 30.5 Å². The molecule has 0 aliphatic heterocycles. The number of ether oxygens (including phenoxy) is 2. The molecule has 0 aliphatic carbocycles. The predicted molar refractivity (Wildman–Crippen MR) is 122 cm³/mol. The molecule has 0 atom stereocenters. The van der Waals surface area contributed by atoms with Crippen molar-refractivity contribution in [3.63, 3.8) is 0 Å². The molecule has 0 saturated carbocycles. The van der Waals surface area contributed by atoms with Crippen LogP contribution in [0.5, 0.6) is 11.5 Å². The average molecular weight is 429 g/mol. The Kier molecular flexibility index (Phi) is 13.8. The lowest BCUT2D eigenvalue weighted by Crippen LogP contribution is -2.31. The summed E-state index contributed by atoms with van der Waals surface area (Å²) in [5.74, 6) is 1.56. The van der Waals surface area contributed by atoms with E-state index in [4.69, 9.17) is 9.47 Å². The van der Waals surface area contributed by atoms with Crippen LogP contribution in [-0.2, 0) is 13.2 Å². The summed E-state index contributed by atoms with van der Waals surface area (Å²) in [5.41, 5.74) is 3.63. The largest absolute Gasteiger partial charge is 0.493 e. The number of hydrogen-bond acceptors (Lipinski definition) is 4. The molecule has 0 amide bonds. The van der Waals surface area contributed by atoms with Crippen molar-refractivity contribution in [2.75, 3.05) is 33.3 Å². The molecular weight excluding hydrogens is 395 g/mol. The third kappa shape index (κ3) is 8.27. The van der Waals surface area contributed by atoms with Crippen LogP contribution in [-0.4, -0.2) is 38.2 Å². The van der Waals surface area contributed by atoms with Gasteiger partial charge in [-0.25, -0.2) is 0 Å². The van der Waals surface area contributed by atoms with Gasteiger partial charge in [-0.05, 0) is 48.8 Å². The number of halogens is 2. The van der Waals surface area contributed by atoms with Crippen LogP contribution in [0.3, 0.4) is 0 Å². The van der Waals surface area contributed by atoms with Gasteiger partial charge in [-0.2, -0.15) is 0 Å². The first kappa shape index (κ1) is 26.5. The summed E-state index contributed by atoms with van der Waals surface area (Å²) in [4.78, 5) is 2.41. The number of methoxy groups -OCH3 is 1. The van der Waals surface area contributed by atoms with Gasteiger partial charge in [0.2, 0.25) is 0 Å². The summed E-state index contributed by atoms with van der Waals surface area (Å²) in [6.45, 7) is 12.1. The molecule has 0 heterocycles. The molecule has 28 heavy (non-hydrogen) atoms. The molecule has 0 aliphatic rings. The highest BCUT2D eigenvalue weighted by molar-refractivity contribution is 5.85. The average Bonchev–Trinajstić information content (AvgIpc) is 2.68. The van der Waals surface area contributed by atoms with Gasteiger partial charge in [0.15, 0.2) is 11.5 Å².